The normalized spacial score (nSPS) is 10.6. The van der Waals surface area contributed by atoms with Gasteiger partial charge < -0.3 is 10.6 Å². The Kier molecular flexibility index (Phi) is 6.28. The third-order valence-corrected chi connectivity index (χ3v) is 3.05. The Bertz CT molecular complexity index is 487. The molecule has 3 N–H and O–H groups in total. The van der Waals surface area contributed by atoms with E-state index < -0.39 is 10.0 Å². The van der Waals surface area contributed by atoms with E-state index in [0.717, 1.165) is 25.0 Å². The maximum absolute atomic E-state index is 11.2. The molecule has 1 rings (SSSR count). The summed E-state index contributed by atoms with van der Waals surface area (Å²) in [4.78, 5) is 2.12. The number of nitrogens with two attached hydrogens (primary N) is 1. The summed E-state index contributed by atoms with van der Waals surface area (Å²) in [7, 11) is -3.30. The molecular weight excluding hydrogens is 274 g/mol. The number of rotatable bonds is 5. The molecule has 104 valence electrons. The van der Waals surface area contributed by atoms with E-state index in [9.17, 15) is 8.42 Å². The fourth-order valence-corrected chi connectivity index (χ4v) is 2.19. The number of nitrogens with one attached hydrogen (secondary N) is 1. The Hall–Kier alpha value is -1.14. The maximum Gasteiger partial charge on any atom is 0.229 e. The summed E-state index contributed by atoms with van der Waals surface area (Å²) < 4.78 is 24.8. The fourth-order valence-electron chi connectivity index (χ4n) is 1.62. The average molecular weight is 294 g/mol. The first-order valence-corrected chi connectivity index (χ1v) is 7.38. The minimum Gasteiger partial charge on any atom is -0.397 e. The van der Waals surface area contributed by atoms with Crippen LogP contribution in [0.3, 0.4) is 0 Å². The van der Waals surface area contributed by atoms with Gasteiger partial charge in [-0.1, -0.05) is 0 Å². The number of benzene rings is 1. The van der Waals surface area contributed by atoms with Crippen molar-refractivity contribution in [3.8, 4) is 0 Å². The van der Waals surface area contributed by atoms with Crippen molar-refractivity contribution in [1.82, 2.24) is 0 Å². The van der Waals surface area contributed by atoms with Crippen LogP contribution in [0.5, 0.6) is 0 Å². The van der Waals surface area contributed by atoms with E-state index in [0.29, 0.717) is 11.4 Å². The molecule has 7 heteroatoms. The van der Waals surface area contributed by atoms with Crippen molar-refractivity contribution < 1.29 is 8.42 Å². The van der Waals surface area contributed by atoms with E-state index in [1.807, 2.05) is 19.9 Å². The van der Waals surface area contributed by atoms with Crippen LogP contribution >= 0.6 is 12.4 Å². The van der Waals surface area contributed by atoms with Crippen molar-refractivity contribution in [2.45, 2.75) is 13.8 Å². The molecule has 0 saturated carbocycles. The number of nitrogen functional groups attached to an aromatic ring is 1. The first kappa shape index (κ1) is 16.9. The molecular formula is C11H20ClN3O2S. The number of nitrogens with zero attached hydrogens (tertiary/aromatic N) is 1. The first-order chi connectivity index (χ1) is 7.87. The summed E-state index contributed by atoms with van der Waals surface area (Å²) >= 11 is 0. The molecule has 0 fully saturated rings. The number of hydrogen-bond acceptors (Lipinski definition) is 4. The molecule has 0 aliphatic heterocycles. The minimum atomic E-state index is -3.30. The van der Waals surface area contributed by atoms with Crippen molar-refractivity contribution in [1.29, 1.82) is 0 Å². The Balaban J connectivity index is 0.00000289. The summed E-state index contributed by atoms with van der Waals surface area (Å²) in [5.41, 5.74) is 7.54. The Morgan fingerprint density at radius 1 is 1.28 bits per heavy atom. The third kappa shape index (κ3) is 4.62. The van der Waals surface area contributed by atoms with Crippen molar-refractivity contribution in [2.75, 3.05) is 34.7 Å². The molecule has 0 saturated heterocycles. The number of halogens is 1. The largest absolute Gasteiger partial charge is 0.397 e. The van der Waals surface area contributed by atoms with Crippen LogP contribution in [0.4, 0.5) is 17.1 Å². The van der Waals surface area contributed by atoms with Crippen LogP contribution in [0.1, 0.15) is 13.8 Å². The van der Waals surface area contributed by atoms with E-state index in [1.54, 1.807) is 12.1 Å². The summed E-state index contributed by atoms with van der Waals surface area (Å²) in [5.74, 6) is 0. The molecule has 18 heavy (non-hydrogen) atoms. The average Bonchev–Trinajstić information content (AvgIpc) is 2.22. The highest BCUT2D eigenvalue weighted by molar-refractivity contribution is 7.92. The molecule has 1 aromatic carbocycles. The molecule has 0 unspecified atom stereocenters. The second-order valence-electron chi connectivity index (χ2n) is 3.82. The van der Waals surface area contributed by atoms with Crippen LogP contribution in [-0.2, 0) is 10.0 Å². The summed E-state index contributed by atoms with van der Waals surface area (Å²) in [6, 6.07) is 5.35. The van der Waals surface area contributed by atoms with Gasteiger partial charge >= 0.3 is 0 Å². The topological polar surface area (TPSA) is 75.4 Å². The molecule has 0 bridgehead atoms. The number of hydrogen-bond donors (Lipinski definition) is 2. The molecule has 0 aliphatic carbocycles. The molecule has 0 atom stereocenters. The van der Waals surface area contributed by atoms with Crippen molar-refractivity contribution >= 4 is 39.5 Å². The highest BCUT2D eigenvalue weighted by Gasteiger charge is 2.09. The molecule has 0 aliphatic rings. The van der Waals surface area contributed by atoms with Crippen LogP contribution in [-0.4, -0.2) is 27.8 Å². The quantitative estimate of drug-likeness (QED) is 0.813. The summed E-state index contributed by atoms with van der Waals surface area (Å²) in [5, 5.41) is 0. The molecule has 5 nitrogen and oxygen atoms in total. The molecule has 0 aromatic heterocycles. The molecule has 0 amide bonds. The SMILES string of the molecule is CCN(CC)c1ccc(N)c(NS(C)(=O)=O)c1.Cl. The van der Waals surface area contributed by atoms with Crippen LogP contribution < -0.4 is 15.4 Å². The monoisotopic (exact) mass is 293 g/mol. The predicted octanol–water partition coefficient (Wildman–Crippen LogP) is 1.91. The van der Waals surface area contributed by atoms with Gasteiger partial charge in [-0.2, -0.15) is 0 Å². The Morgan fingerprint density at radius 2 is 1.83 bits per heavy atom. The van der Waals surface area contributed by atoms with Crippen molar-refractivity contribution in [3.63, 3.8) is 0 Å². The lowest BCUT2D eigenvalue weighted by Gasteiger charge is -2.22. The van der Waals surface area contributed by atoms with E-state index in [4.69, 9.17) is 5.73 Å². The first-order valence-electron chi connectivity index (χ1n) is 5.49. The van der Waals surface area contributed by atoms with Gasteiger partial charge in [-0.05, 0) is 32.0 Å². The second kappa shape index (κ2) is 6.70. The zero-order valence-electron chi connectivity index (χ0n) is 10.8. The smallest absolute Gasteiger partial charge is 0.229 e. The molecule has 1 aromatic rings. The van der Waals surface area contributed by atoms with Gasteiger partial charge in [0.25, 0.3) is 0 Å². The van der Waals surface area contributed by atoms with Gasteiger partial charge in [0.15, 0.2) is 0 Å². The summed E-state index contributed by atoms with van der Waals surface area (Å²) in [6.45, 7) is 5.81. The van der Waals surface area contributed by atoms with Crippen molar-refractivity contribution in [2.24, 2.45) is 0 Å². The lowest BCUT2D eigenvalue weighted by atomic mass is 10.2. The standard InChI is InChI=1S/C11H19N3O2S.ClH/c1-4-14(5-2)9-6-7-10(12)11(8-9)13-17(3,15)16;/h6-8,13H,4-5,12H2,1-3H3;1H. The summed E-state index contributed by atoms with van der Waals surface area (Å²) in [6.07, 6.45) is 1.11. The fraction of sp³-hybridized carbons (Fsp3) is 0.455. The van der Waals surface area contributed by atoms with Gasteiger partial charge in [0.2, 0.25) is 10.0 Å². The molecule has 0 spiro atoms. The maximum atomic E-state index is 11.2. The third-order valence-electron chi connectivity index (χ3n) is 2.46. The zero-order chi connectivity index (χ0) is 13.1. The van der Waals surface area contributed by atoms with Gasteiger partial charge in [0, 0.05) is 18.8 Å². The van der Waals surface area contributed by atoms with Crippen molar-refractivity contribution in [3.05, 3.63) is 18.2 Å². The Morgan fingerprint density at radius 3 is 2.28 bits per heavy atom. The van der Waals surface area contributed by atoms with E-state index in [2.05, 4.69) is 9.62 Å². The molecule has 0 radical (unpaired) electrons. The minimum absolute atomic E-state index is 0. The highest BCUT2D eigenvalue weighted by atomic mass is 35.5. The van der Waals surface area contributed by atoms with Crippen LogP contribution in [0, 0.1) is 0 Å². The number of sulfonamides is 1. The van der Waals surface area contributed by atoms with Gasteiger partial charge in [0.1, 0.15) is 0 Å². The van der Waals surface area contributed by atoms with Crippen LogP contribution in [0.2, 0.25) is 0 Å². The van der Waals surface area contributed by atoms with Crippen LogP contribution in [0.25, 0.3) is 0 Å². The van der Waals surface area contributed by atoms with Gasteiger partial charge in [0.05, 0.1) is 17.6 Å². The highest BCUT2D eigenvalue weighted by Crippen LogP contribution is 2.26. The Labute approximate surface area is 115 Å². The van der Waals surface area contributed by atoms with E-state index >= 15 is 0 Å². The van der Waals surface area contributed by atoms with E-state index in [1.165, 1.54) is 0 Å². The van der Waals surface area contributed by atoms with Crippen LogP contribution in [0.15, 0.2) is 18.2 Å². The lowest BCUT2D eigenvalue weighted by molar-refractivity contribution is 0.607. The number of anilines is 3. The molecule has 0 heterocycles. The van der Waals surface area contributed by atoms with Gasteiger partial charge in [-0.15, -0.1) is 12.4 Å². The zero-order valence-corrected chi connectivity index (χ0v) is 12.4. The second-order valence-corrected chi connectivity index (χ2v) is 5.57. The van der Waals surface area contributed by atoms with Gasteiger partial charge in [-0.25, -0.2) is 8.42 Å². The lowest BCUT2D eigenvalue weighted by Crippen LogP contribution is -2.22. The predicted molar refractivity (Wildman–Crippen MR) is 80.1 cm³/mol. The van der Waals surface area contributed by atoms with Gasteiger partial charge in [-0.3, -0.25) is 4.72 Å². The van der Waals surface area contributed by atoms with E-state index in [-0.39, 0.29) is 12.4 Å².